The van der Waals surface area contributed by atoms with E-state index in [1.165, 1.54) is 0 Å². The number of hydrogen-bond donors (Lipinski definition) is 0. The minimum atomic E-state index is 0.259. The highest BCUT2D eigenvalue weighted by atomic mass is 32.1. The lowest BCUT2D eigenvalue weighted by Crippen LogP contribution is -1.65. The molecule has 0 heterocycles. The molecule has 0 N–H and O–H groups in total. The Morgan fingerprint density at radius 2 is 2.25 bits per heavy atom. The van der Waals surface area contributed by atoms with E-state index in [0.717, 1.165) is 0 Å². The predicted octanol–water partition coefficient (Wildman–Crippen LogP) is -0.157. The maximum absolute atomic E-state index is 4.76. The van der Waals surface area contributed by atoms with E-state index in [1.807, 2.05) is 0 Å². The third kappa shape index (κ3) is 2.08. The van der Waals surface area contributed by atoms with Crippen molar-refractivity contribution in [3.8, 4) is 0 Å². The molecule has 0 fully saturated rings. The van der Waals surface area contributed by atoms with Gasteiger partial charge in [0.25, 0.3) is 0 Å². The fraction of sp³-hybridized carbons (Fsp3) is 1.00. The zero-order chi connectivity index (χ0) is 3.41. The van der Waals surface area contributed by atoms with Crippen LogP contribution in [0.1, 0.15) is 0 Å². The lowest BCUT2D eigenvalue weighted by Gasteiger charge is -1.56. The first-order chi connectivity index (χ1) is 1.91. The zero-order valence-corrected chi connectivity index (χ0v) is 2.96. The van der Waals surface area contributed by atoms with Gasteiger partial charge in [-0.15, -0.1) is 0 Å². The third-order valence-corrected chi connectivity index (χ3v) is 0.224. The summed E-state index contributed by atoms with van der Waals surface area (Å²) in [6.07, 6.45) is 0.259. The number of hydrogen-bond acceptors (Lipinski definition) is 2. The maximum atomic E-state index is 4.76. The van der Waals surface area contributed by atoms with E-state index in [1.54, 1.807) is 0 Å². The van der Waals surface area contributed by atoms with Crippen molar-refractivity contribution in [3.05, 3.63) is 0 Å². The summed E-state index contributed by atoms with van der Waals surface area (Å²) in [4.78, 5) is 0. The van der Waals surface area contributed by atoms with Crippen molar-refractivity contribution in [1.82, 2.24) is 0 Å². The Hall–Kier alpha value is 0.0849. The standard InChI is InChI=1S/CH2BNS/c2-1-3-4/h1H2. The van der Waals surface area contributed by atoms with Crippen LogP contribution in [0.5, 0.6) is 0 Å². The van der Waals surface area contributed by atoms with Gasteiger partial charge in [0.2, 0.25) is 0 Å². The van der Waals surface area contributed by atoms with Crippen LogP contribution in [0.2, 0.25) is 0 Å². The fourth-order valence-electron chi connectivity index (χ4n) is 0. The fourth-order valence-corrected chi connectivity index (χ4v) is 0. The van der Waals surface area contributed by atoms with E-state index < -0.39 is 0 Å². The quantitative estimate of drug-likeness (QED) is 0.391. The number of rotatable bonds is 1. The van der Waals surface area contributed by atoms with Crippen molar-refractivity contribution in [3.63, 3.8) is 0 Å². The molecule has 4 heavy (non-hydrogen) atoms. The molecule has 0 aromatic heterocycles. The molecule has 0 aliphatic heterocycles. The smallest absolute Gasteiger partial charge is 0.0986 e. The second kappa shape index (κ2) is 3.08. The maximum Gasteiger partial charge on any atom is 0.0986 e. The summed E-state index contributed by atoms with van der Waals surface area (Å²) in [6, 6.07) is 0. The zero-order valence-electron chi connectivity index (χ0n) is 2.14. The summed E-state index contributed by atoms with van der Waals surface area (Å²) in [5.74, 6) is 0. The van der Waals surface area contributed by atoms with Crippen LogP contribution in [0.4, 0.5) is 0 Å². The van der Waals surface area contributed by atoms with Crippen LogP contribution in [-0.4, -0.2) is 14.3 Å². The Balaban J connectivity index is 2.30. The van der Waals surface area contributed by atoms with Crippen LogP contribution in [0, 0.1) is 0 Å². The van der Waals surface area contributed by atoms with Crippen molar-refractivity contribution in [2.75, 3.05) is 6.44 Å². The van der Waals surface area contributed by atoms with Gasteiger partial charge in [-0.1, -0.05) is 0 Å². The van der Waals surface area contributed by atoms with Gasteiger partial charge < -0.3 is 0 Å². The molecule has 0 aliphatic carbocycles. The molecule has 3 heteroatoms. The first-order valence-corrected chi connectivity index (χ1v) is 1.27. The molecule has 0 rings (SSSR count). The summed E-state index contributed by atoms with van der Waals surface area (Å²) in [5, 5.41) is 0. The van der Waals surface area contributed by atoms with Gasteiger partial charge in [0.1, 0.15) is 0 Å². The summed E-state index contributed by atoms with van der Waals surface area (Å²) in [6.45, 7) is 0. The van der Waals surface area contributed by atoms with Crippen LogP contribution in [0.15, 0.2) is 4.36 Å². The Morgan fingerprint density at radius 3 is 2.25 bits per heavy atom. The molecular weight excluding hydrogens is 68.9 g/mol. The summed E-state index contributed by atoms with van der Waals surface area (Å²) in [7, 11) is 4.76. The molecule has 0 aromatic rings. The third-order valence-electron chi connectivity index (χ3n) is 0.0745. The molecule has 1 nitrogen and oxygen atoms in total. The lowest BCUT2D eigenvalue weighted by atomic mass is 10.2. The van der Waals surface area contributed by atoms with Crippen molar-refractivity contribution in [1.29, 1.82) is 0 Å². The van der Waals surface area contributed by atoms with E-state index in [4.69, 9.17) is 7.85 Å². The molecule has 0 saturated heterocycles. The molecule has 0 amide bonds. The summed E-state index contributed by atoms with van der Waals surface area (Å²) < 4.78 is 3.10. The molecular formula is CH2BNS. The SMILES string of the molecule is [B]CN=S. The first-order valence-electron chi connectivity index (χ1n) is 0.907. The molecule has 0 aliphatic rings. The van der Waals surface area contributed by atoms with Gasteiger partial charge in [-0.3, -0.25) is 0 Å². The second-order valence-corrected chi connectivity index (χ2v) is 0.570. The Kier molecular flexibility index (Phi) is 3.15. The second-order valence-electron chi connectivity index (χ2n) is 0.312. The monoisotopic (exact) mass is 71.0 g/mol. The molecule has 20 valence electrons. The summed E-state index contributed by atoms with van der Waals surface area (Å²) in [5.41, 5.74) is 0. The van der Waals surface area contributed by atoms with E-state index in [0.29, 0.717) is 0 Å². The van der Waals surface area contributed by atoms with Gasteiger partial charge >= 0.3 is 0 Å². The highest BCUT2D eigenvalue weighted by molar-refractivity contribution is 7.47. The average molecular weight is 70.9 g/mol. The van der Waals surface area contributed by atoms with E-state index in [-0.39, 0.29) is 6.44 Å². The lowest BCUT2D eigenvalue weighted by molar-refractivity contribution is 1.43. The molecule has 0 bridgehead atoms. The summed E-state index contributed by atoms with van der Waals surface area (Å²) >= 11 is 4.05. The van der Waals surface area contributed by atoms with Gasteiger partial charge in [0.05, 0.1) is 7.85 Å². The molecule has 0 unspecified atom stereocenters. The molecule has 0 spiro atoms. The Bertz CT molecular complexity index is 22.0. The predicted molar refractivity (Wildman–Crippen MR) is 20.4 cm³/mol. The Morgan fingerprint density at radius 1 is 2.00 bits per heavy atom. The van der Waals surface area contributed by atoms with Crippen molar-refractivity contribution >= 4 is 20.3 Å². The minimum Gasteiger partial charge on any atom is -0.230 e. The minimum absolute atomic E-state index is 0.259. The molecule has 0 saturated carbocycles. The van der Waals surface area contributed by atoms with Crippen molar-refractivity contribution in [2.24, 2.45) is 4.36 Å². The van der Waals surface area contributed by atoms with Crippen LogP contribution < -0.4 is 0 Å². The molecule has 2 radical (unpaired) electrons. The average Bonchev–Trinajstić information content (AvgIpc) is 1.37. The van der Waals surface area contributed by atoms with E-state index in [2.05, 4.69) is 16.8 Å². The van der Waals surface area contributed by atoms with Crippen LogP contribution in [0.25, 0.3) is 0 Å². The van der Waals surface area contributed by atoms with E-state index >= 15 is 0 Å². The number of nitrogens with zero attached hydrogens (tertiary/aromatic N) is 1. The van der Waals surface area contributed by atoms with Crippen LogP contribution in [0.3, 0.4) is 0 Å². The normalized spacial score (nSPS) is 6.00. The first kappa shape index (κ1) is 4.08. The Labute approximate surface area is 32.0 Å². The molecule has 0 atom stereocenters. The van der Waals surface area contributed by atoms with Gasteiger partial charge in [-0.25, -0.2) is 4.36 Å². The van der Waals surface area contributed by atoms with Gasteiger partial charge in [0.15, 0.2) is 0 Å². The highest BCUT2D eigenvalue weighted by Gasteiger charge is 1.48. The van der Waals surface area contributed by atoms with Gasteiger partial charge in [0, 0.05) is 18.9 Å². The van der Waals surface area contributed by atoms with Crippen LogP contribution >= 0.6 is 0 Å². The van der Waals surface area contributed by atoms with Gasteiger partial charge in [-0.05, 0) is 0 Å². The van der Waals surface area contributed by atoms with Gasteiger partial charge in [-0.2, -0.15) is 0 Å². The van der Waals surface area contributed by atoms with Crippen molar-refractivity contribution < 1.29 is 0 Å². The topological polar surface area (TPSA) is 12.4 Å². The molecule has 0 aromatic carbocycles. The van der Waals surface area contributed by atoms with E-state index in [9.17, 15) is 0 Å². The van der Waals surface area contributed by atoms with Crippen LogP contribution in [-0.2, 0) is 12.4 Å². The van der Waals surface area contributed by atoms with Crippen molar-refractivity contribution in [2.45, 2.75) is 0 Å². The highest BCUT2D eigenvalue weighted by Crippen LogP contribution is 1.44. The largest absolute Gasteiger partial charge is 0.230 e.